The van der Waals surface area contributed by atoms with Crippen LogP contribution in [0, 0.1) is 0 Å². The van der Waals surface area contributed by atoms with E-state index >= 15 is 0 Å². The van der Waals surface area contributed by atoms with Crippen LogP contribution in [-0.2, 0) is 19.1 Å². The van der Waals surface area contributed by atoms with E-state index < -0.39 is 11.9 Å². The third-order valence-electron chi connectivity index (χ3n) is 4.67. The molecule has 2 heterocycles. The molecule has 32 heavy (non-hydrogen) atoms. The molecule has 0 spiro atoms. The average molecular weight is 501 g/mol. The van der Waals surface area contributed by atoms with Crippen molar-refractivity contribution in [3.05, 3.63) is 93.5 Å². The minimum absolute atomic E-state index is 0.177. The summed E-state index contributed by atoms with van der Waals surface area (Å²) in [6, 6.07) is 12.9. The Balaban J connectivity index is 1.53. The highest BCUT2D eigenvalue weighted by atomic mass is 32.2. The molecule has 4 nitrogen and oxygen atoms in total. The van der Waals surface area contributed by atoms with Gasteiger partial charge in [-0.1, -0.05) is 37.4 Å². The molecule has 4 rings (SSSR count). The maximum absolute atomic E-state index is 11.4. The van der Waals surface area contributed by atoms with Crippen LogP contribution in [0.4, 0.5) is 0 Å². The molecule has 2 aromatic carbocycles. The summed E-state index contributed by atoms with van der Waals surface area (Å²) >= 11 is 6.88. The molecule has 0 saturated carbocycles. The first kappa shape index (κ1) is 23.2. The summed E-state index contributed by atoms with van der Waals surface area (Å²) in [7, 11) is 0. The Morgan fingerprint density at radius 1 is 0.812 bits per heavy atom. The first-order chi connectivity index (χ1) is 15.6. The molecule has 2 atom stereocenters. The number of thioether (sulfide) groups is 4. The lowest BCUT2D eigenvalue weighted by atomic mass is 10.0. The molecule has 2 unspecified atom stereocenters. The molecule has 0 saturated heterocycles. The van der Waals surface area contributed by atoms with Crippen molar-refractivity contribution in [1.82, 2.24) is 0 Å². The van der Waals surface area contributed by atoms with Gasteiger partial charge in [-0.2, -0.15) is 0 Å². The number of rotatable bonds is 8. The number of carbonyl (C=O) groups is 2. The Hall–Kier alpha value is -2.00. The summed E-state index contributed by atoms with van der Waals surface area (Å²) in [6.07, 6.45) is 2.36. The monoisotopic (exact) mass is 500 g/mol. The van der Waals surface area contributed by atoms with Gasteiger partial charge in [-0.3, -0.25) is 0 Å². The molecule has 0 aromatic heterocycles. The minimum atomic E-state index is -0.416. The van der Waals surface area contributed by atoms with Gasteiger partial charge < -0.3 is 9.47 Å². The molecule has 0 amide bonds. The normalized spacial score (nSPS) is 19.9. The van der Waals surface area contributed by atoms with Crippen LogP contribution in [-0.4, -0.2) is 25.2 Å². The standard InChI is InChI=1S/C24H20O4S4/c1-3-21(25)27-11-17-13-29-23(31-17)19-9-15-7-5-6-8-16(15)10-20(19)24-30-14-18(32-24)12-28-22(26)4-2/h3-10,13-14,23-24H,1-2,11-12H2. The van der Waals surface area contributed by atoms with Gasteiger partial charge in [0.1, 0.15) is 13.2 Å². The maximum atomic E-state index is 11.4. The van der Waals surface area contributed by atoms with Gasteiger partial charge in [0.05, 0.1) is 9.16 Å². The second-order valence-corrected chi connectivity index (χ2v) is 11.8. The molecule has 0 radical (unpaired) electrons. The van der Waals surface area contributed by atoms with Gasteiger partial charge in [-0.15, -0.1) is 47.0 Å². The van der Waals surface area contributed by atoms with Gasteiger partial charge in [0, 0.05) is 22.0 Å². The maximum Gasteiger partial charge on any atom is 0.330 e. The lowest BCUT2D eigenvalue weighted by molar-refractivity contribution is -0.137. The largest absolute Gasteiger partial charge is 0.457 e. The van der Waals surface area contributed by atoms with Crippen molar-refractivity contribution in [2.75, 3.05) is 13.2 Å². The highest BCUT2D eigenvalue weighted by molar-refractivity contribution is 8.23. The lowest BCUT2D eigenvalue weighted by Gasteiger charge is -2.20. The third-order valence-corrected chi connectivity index (χ3v) is 10.1. The quantitative estimate of drug-likeness (QED) is 0.285. The van der Waals surface area contributed by atoms with E-state index in [0.717, 1.165) is 9.81 Å². The van der Waals surface area contributed by atoms with Crippen LogP contribution in [0.25, 0.3) is 10.8 Å². The predicted octanol–water partition coefficient (Wildman–Crippen LogP) is 6.94. The van der Waals surface area contributed by atoms with Gasteiger partial charge in [0.25, 0.3) is 0 Å². The fraction of sp³-hybridized carbons (Fsp3) is 0.167. The van der Waals surface area contributed by atoms with E-state index in [2.05, 4.69) is 48.2 Å². The van der Waals surface area contributed by atoms with Crippen LogP contribution >= 0.6 is 47.0 Å². The number of ether oxygens (including phenoxy) is 2. The number of fused-ring (bicyclic) bond motifs is 1. The molecule has 164 valence electrons. The molecule has 0 bridgehead atoms. The SMILES string of the molecule is C=CC(=O)OCC1=CSC(c2cc3ccccc3cc2C2SC=C(COC(=O)C=C)S2)S1. The number of esters is 2. The van der Waals surface area contributed by atoms with E-state index in [1.165, 1.54) is 34.1 Å². The van der Waals surface area contributed by atoms with Gasteiger partial charge in [-0.05, 0) is 44.8 Å². The number of benzene rings is 2. The first-order valence-corrected chi connectivity index (χ1v) is 13.3. The summed E-state index contributed by atoms with van der Waals surface area (Å²) in [5.74, 6) is -0.832. The van der Waals surface area contributed by atoms with Crippen LogP contribution in [0.15, 0.2) is 82.3 Å². The predicted molar refractivity (Wildman–Crippen MR) is 138 cm³/mol. The Morgan fingerprint density at radius 3 is 1.66 bits per heavy atom. The van der Waals surface area contributed by atoms with Crippen molar-refractivity contribution < 1.29 is 19.1 Å². The molecule has 8 heteroatoms. The zero-order valence-corrected chi connectivity index (χ0v) is 20.3. The van der Waals surface area contributed by atoms with Crippen molar-refractivity contribution in [3.8, 4) is 0 Å². The summed E-state index contributed by atoms with van der Waals surface area (Å²) in [5, 5.41) is 6.52. The van der Waals surface area contributed by atoms with Crippen LogP contribution in [0.1, 0.15) is 20.3 Å². The average Bonchev–Trinajstić information content (AvgIpc) is 3.50. The lowest BCUT2D eigenvalue weighted by Crippen LogP contribution is -2.03. The van der Waals surface area contributed by atoms with E-state index in [4.69, 9.17) is 9.47 Å². The molecular formula is C24H20O4S4. The summed E-state index contributed by atoms with van der Waals surface area (Å²) in [6.45, 7) is 7.40. The zero-order chi connectivity index (χ0) is 22.5. The van der Waals surface area contributed by atoms with Crippen LogP contribution in [0.2, 0.25) is 0 Å². The number of carbonyl (C=O) groups excluding carboxylic acids is 2. The second kappa shape index (κ2) is 10.7. The van der Waals surface area contributed by atoms with E-state index in [-0.39, 0.29) is 22.4 Å². The molecule has 2 aliphatic rings. The van der Waals surface area contributed by atoms with Crippen molar-refractivity contribution in [2.45, 2.75) is 9.16 Å². The van der Waals surface area contributed by atoms with E-state index in [9.17, 15) is 9.59 Å². The molecule has 0 N–H and O–H groups in total. The van der Waals surface area contributed by atoms with E-state index in [0.29, 0.717) is 0 Å². The van der Waals surface area contributed by atoms with Gasteiger partial charge in [0.2, 0.25) is 0 Å². The molecule has 2 aromatic rings. The summed E-state index contributed by atoms with van der Waals surface area (Å²) in [4.78, 5) is 24.9. The summed E-state index contributed by atoms with van der Waals surface area (Å²) < 4.78 is 10.8. The van der Waals surface area contributed by atoms with Crippen molar-refractivity contribution in [2.24, 2.45) is 0 Å². The Labute approximate surface area is 203 Å². The van der Waals surface area contributed by atoms with Crippen molar-refractivity contribution in [1.29, 1.82) is 0 Å². The van der Waals surface area contributed by atoms with Gasteiger partial charge >= 0.3 is 11.9 Å². The smallest absolute Gasteiger partial charge is 0.330 e. The Morgan fingerprint density at radius 2 is 1.25 bits per heavy atom. The molecule has 2 aliphatic heterocycles. The van der Waals surface area contributed by atoms with Crippen LogP contribution in [0.3, 0.4) is 0 Å². The fourth-order valence-electron chi connectivity index (χ4n) is 3.16. The number of hydrogen-bond acceptors (Lipinski definition) is 8. The fourth-order valence-corrected chi connectivity index (χ4v) is 8.31. The Kier molecular flexibility index (Phi) is 7.78. The Bertz CT molecular complexity index is 1050. The second-order valence-electron chi connectivity index (χ2n) is 6.79. The highest BCUT2D eigenvalue weighted by Crippen LogP contribution is 2.57. The highest BCUT2D eigenvalue weighted by Gasteiger charge is 2.29. The van der Waals surface area contributed by atoms with Gasteiger partial charge in [0.15, 0.2) is 0 Å². The molecule has 0 fully saturated rings. The van der Waals surface area contributed by atoms with Crippen LogP contribution in [0.5, 0.6) is 0 Å². The third kappa shape index (κ3) is 5.49. The summed E-state index contributed by atoms with van der Waals surface area (Å²) in [5.41, 5.74) is 2.51. The zero-order valence-electron chi connectivity index (χ0n) is 17.0. The van der Waals surface area contributed by atoms with E-state index in [1.807, 2.05) is 12.1 Å². The van der Waals surface area contributed by atoms with Crippen LogP contribution < -0.4 is 0 Å². The minimum Gasteiger partial charge on any atom is -0.457 e. The number of hydrogen-bond donors (Lipinski definition) is 0. The topological polar surface area (TPSA) is 52.6 Å². The van der Waals surface area contributed by atoms with Crippen molar-refractivity contribution in [3.63, 3.8) is 0 Å². The van der Waals surface area contributed by atoms with E-state index in [1.54, 1.807) is 47.0 Å². The molecular weight excluding hydrogens is 481 g/mol. The molecule has 0 aliphatic carbocycles. The van der Waals surface area contributed by atoms with Crippen molar-refractivity contribution >= 4 is 69.8 Å². The van der Waals surface area contributed by atoms with Gasteiger partial charge in [-0.25, -0.2) is 9.59 Å². The first-order valence-electron chi connectivity index (χ1n) is 9.70.